The molecule has 10 heteroatoms. The number of benzene rings is 2. The van der Waals surface area contributed by atoms with Gasteiger partial charge in [0.1, 0.15) is 11.8 Å². The van der Waals surface area contributed by atoms with Crippen molar-refractivity contribution in [2.75, 3.05) is 36.9 Å². The smallest absolute Gasteiger partial charge is 0.109 e. The van der Waals surface area contributed by atoms with E-state index in [9.17, 15) is 5.26 Å². The molecule has 0 saturated carbocycles. The van der Waals surface area contributed by atoms with Gasteiger partial charge in [0.25, 0.3) is 0 Å². The average Bonchev–Trinajstić information content (AvgIpc) is 3.56. The number of pyridine rings is 1. The number of aromatic nitrogens is 4. The third-order valence-corrected chi connectivity index (χ3v) is 9.99. The Kier molecular flexibility index (Phi) is 9.78. The molecule has 0 bridgehead atoms. The fourth-order valence-corrected chi connectivity index (χ4v) is 7.25. The van der Waals surface area contributed by atoms with E-state index in [1.54, 1.807) is 6.20 Å². The van der Waals surface area contributed by atoms with E-state index in [0.29, 0.717) is 28.1 Å². The fraction of sp³-hybridized carbons (Fsp3) is 0.500. The van der Waals surface area contributed by atoms with Gasteiger partial charge in [0.15, 0.2) is 0 Å². The molecule has 2 aliphatic rings. The summed E-state index contributed by atoms with van der Waals surface area (Å²) in [4.78, 5) is 7.14. The van der Waals surface area contributed by atoms with Crippen LogP contribution in [0.1, 0.15) is 88.7 Å². The van der Waals surface area contributed by atoms with Crippen LogP contribution >= 0.6 is 11.6 Å². The number of nitriles is 1. The van der Waals surface area contributed by atoms with Crippen LogP contribution in [0, 0.1) is 17.2 Å². The van der Waals surface area contributed by atoms with E-state index in [2.05, 4.69) is 89.0 Å². The second-order valence-electron chi connectivity index (χ2n) is 13.6. The number of likely N-dealkylation sites (tertiary alicyclic amines) is 1. The topological polar surface area (TPSA) is 104 Å². The van der Waals surface area contributed by atoms with Crippen LogP contribution in [-0.2, 0) is 4.74 Å². The molecule has 2 aromatic heterocycles. The fourth-order valence-electron chi connectivity index (χ4n) is 6.98. The van der Waals surface area contributed by atoms with Crippen LogP contribution in [-0.4, -0.2) is 62.8 Å². The molecule has 2 atom stereocenters. The first kappa shape index (κ1) is 32.2. The summed E-state index contributed by atoms with van der Waals surface area (Å²) in [7, 11) is 0. The predicted octanol–water partition coefficient (Wildman–Crippen LogP) is 7.61. The predicted molar refractivity (Wildman–Crippen MR) is 184 cm³/mol. The molecule has 4 aromatic rings. The number of piperidine rings is 1. The van der Waals surface area contributed by atoms with Gasteiger partial charge in [-0.2, -0.15) is 5.26 Å². The van der Waals surface area contributed by atoms with Crippen molar-refractivity contribution in [3.63, 3.8) is 0 Å². The highest BCUT2D eigenvalue weighted by Gasteiger charge is 2.29. The summed E-state index contributed by atoms with van der Waals surface area (Å²) in [6, 6.07) is 16.9. The molecular formula is C36H45ClN8O. The minimum atomic E-state index is -0.257. The number of hydrogen-bond acceptors (Lipinski definition) is 8. The number of nitrogens with one attached hydrogen (secondary N) is 2. The van der Waals surface area contributed by atoms with Crippen molar-refractivity contribution in [1.29, 1.82) is 5.26 Å². The molecular weight excluding hydrogens is 596 g/mol. The normalized spacial score (nSPS) is 18.3. The van der Waals surface area contributed by atoms with Crippen LogP contribution < -0.4 is 10.6 Å². The van der Waals surface area contributed by atoms with Crippen molar-refractivity contribution < 1.29 is 4.74 Å². The lowest BCUT2D eigenvalue weighted by molar-refractivity contribution is 0.0602. The quantitative estimate of drug-likeness (QED) is 0.193. The monoisotopic (exact) mass is 640 g/mol. The number of ether oxygens (including phenoxy) is 1. The summed E-state index contributed by atoms with van der Waals surface area (Å²) in [5, 5.41) is 28.2. The summed E-state index contributed by atoms with van der Waals surface area (Å²) >= 11 is 6.91. The number of nitrogens with zero attached hydrogens (tertiary/aromatic N) is 6. The Labute approximate surface area is 277 Å². The van der Waals surface area contributed by atoms with Gasteiger partial charge in [-0.1, -0.05) is 54.1 Å². The van der Waals surface area contributed by atoms with Crippen molar-refractivity contribution in [3.05, 3.63) is 76.7 Å². The number of fused-ring (bicyclic) bond motifs is 1. The molecule has 2 aliphatic heterocycles. The standard InChI is InChI=1S/C36H45ClN8O/c1-5-31(24-13-17-46-18-14-24)41-33-26(21-38)22-39-35-29(33)19-27(20-30(35)37)40-34(25-9-7-6-8-10-25)32-23-45(43-42-32)28-11-15-44(16-12-28)36(2,3)4/h6-10,19-20,22-24,28,31,34,40H,5,11-18H2,1-4H3,(H,39,41)/t31?,34-/m0/s1. The lowest BCUT2D eigenvalue weighted by Crippen LogP contribution is -2.46. The minimum absolute atomic E-state index is 0.170. The van der Waals surface area contributed by atoms with Crippen LogP contribution in [0.4, 0.5) is 11.4 Å². The van der Waals surface area contributed by atoms with Gasteiger partial charge in [-0.3, -0.25) is 9.88 Å². The van der Waals surface area contributed by atoms with Crippen LogP contribution in [0.3, 0.4) is 0 Å². The number of rotatable bonds is 9. The van der Waals surface area contributed by atoms with Crippen molar-refractivity contribution >= 4 is 33.9 Å². The largest absolute Gasteiger partial charge is 0.381 e. The third kappa shape index (κ3) is 7.00. The Morgan fingerprint density at radius 2 is 1.80 bits per heavy atom. The maximum Gasteiger partial charge on any atom is 0.109 e. The van der Waals surface area contributed by atoms with E-state index in [1.807, 2.05) is 28.9 Å². The number of anilines is 2. The maximum absolute atomic E-state index is 10.1. The summed E-state index contributed by atoms with van der Waals surface area (Å²) in [6.45, 7) is 12.7. The first-order valence-corrected chi connectivity index (χ1v) is 17.0. The van der Waals surface area contributed by atoms with Crippen LogP contribution in [0.25, 0.3) is 10.9 Å². The summed E-state index contributed by atoms with van der Waals surface area (Å²) < 4.78 is 7.67. The van der Waals surface area contributed by atoms with Crippen LogP contribution in [0.5, 0.6) is 0 Å². The molecule has 0 radical (unpaired) electrons. The molecule has 9 nitrogen and oxygen atoms in total. The van der Waals surface area contributed by atoms with E-state index in [4.69, 9.17) is 16.3 Å². The molecule has 0 aliphatic carbocycles. The Morgan fingerprint density at radius 1 is 1.07 bits per heavy atom. The summed E-state index contributed by atoms with van der Waals surface area (Å²) in [6.07, 6.45) is 8.73. The molecule has 2 fully saturated rings. The molecule has 0 amide bonds. The van der Waals surface area contributed by atoms with Crippen LogP contribution in [0.15, 0.2) is 54.9 Å². The van der Waals surface area contributed by atoms with E-state index in [-0.39, 0.29) is 17.6 Å². The highest BCUT2D eigenvalue weighted by atomic mass is 35.5. The molecule has 1 unspecified atom stereocenters. The van der Waals surface area contributed by atoms with Gasteiger partial charge in [0.05, 0.1) is 40.1 Å². The first-order valence-electron chi connectivity index (χ1n) is 16.6. The number of halogens is 1. The summed E-state index contributed by atoms with van der Waals surface area (Å²) in [5.41, 5.74) is 4.85. The Bertz CT molecular complexity index is 1660. The zero-order valence-corrected chi connectivity index (χ0v) is 28.1. The molecule has 2 saturated heterocycles. The molecule has 0 spiro atoms. The van der Waals surface area contributed by atoms with Crippen molar-refractivity contribution in [2.45, 2.75) is 83.5 Å². The Morgan fingerprint density at radius 3 is 2.48 bits per heavy atom. The zero-order valence-electron chi connectivity index (χ0n) is 27.3. The molecule has 2 aromatic carbocycles. The van der Waals surface area contributed by atoms with Gasteiger partial charge < -0.3 is 15.4 Å². The first-order chi connectivity index (χ1) is 22.2. The van der Waals surface area contributed by atoms with Gasteiger partial charge in [-0.25, -0.2) is 4.68 Å². The second-order valence-corrected chi connectivity index (χ2v) is 14.0. The Hall–Kier alpha value is -3.71. The second kappa shape index (κ2) is 14.0. The van der Waals surface area contributed by atoms with Gasteiger partial charge in [-0.05, 0) is 76.5 Å². The lowest BCUT2D eigenvalue weighted by atomic mass is 9.89. The van der Waals surface area contributed by atoms with Crippen LogP contribution in [0.2, 0.25) is 5.02 Å². The van der Waals surface area contributed by atoms with Gasteiger partial charge in [0.2, 0.25) is 0 Å². The highest BCUT2D eigenvalue weighted by Crippen LogP contribution is 2.37. The van der Waals surface area contributed by atoms with Crippen molar-refractivity contribution in [3.8, 4) is 6.07 Å². The average molecular weight is 641 g/mol. The minimum Gasteiger partial charge on any atom is -0.381 e. The molecule has 242 valence electrons. The number of hydrogen-bond donors (Lipinski definition) is 2. The van der Waals surface area contributed by atoms with Gasteiger partial charge in [0, 0.05) is 55.2 Å². The zero-order chi connectivity index (χ0) is 32.3. The van der Waals surface area contributed by atoms with Gasteiger partial charge in [-0.15, -0.1) is 5.10 Å². The Balaban J connectivity index is 1.32. The third-order valence-electron chi connectivity index (χ3n) is 9.70. The maximum atomic E-state index is 10.1. The van der Waals surface area contributed by atoms with Crippen molar-refractivity contribution in [2.24, 2.45) is 5.92 Å². The van der Waals surface area contributed by atoms with E-state index < -0.39 is 0 Å². The molecule has 46 heavy (non-hydrogen) atoms. The van der Waals surface area contributed by atoms with Gasteiger partial charge >= 0.3 is 0 Å². The molecule has 4 heterocycles. The van der Waals surface area contributed by atoms with Crippen molar-refractivity contribution in [1.82, 2.24) is 24.9 Å². The summed E-state index contributed by atoms with van der Waals surface area (Å²) in [5.74, 6) is 0.469. The lowest BCUT2D eigenvalue weighted by Gasteiger charge is -2.40. The molecule has 6 rings (SSSR count). The highest BCUT2D eigenvalue weighted by molar-refractivity contribution is 6.35. The van der Waals surface area contributed by atoms with E-state index in [0.717, 1.165) is 86.4 Å². The van der Waals surface area contributed by atoms with E-state index >= 15 is 0 Å². The SMILES string of the molecule is CCC(Nc1c(C#N)cnc2c(Cl)cc(N[C@@H](c3ccccc3)c3cn(C4CCN(C(C)(C)C)CC4)nn3)cc12)C1CCOCC1. The molecule has 2 N–H and O–H groups in total. The van der Waals surface area contributed by atoms with E-state index in [1.165, 1.54) is 0 Å².